The molecule has 4 heteroatoms. The van der Waals surface area contributed by atoms with Gasteiger partial charge in [-0.05, 0) is 24.5 Å². The summed E-state index contributed by atoms with van der Waals surface area (Å²) in [5.74, 6) is 0.813. The normalized spacial score (nSPS) is 13.2. The Morgan fingerprint density at radius 3 is 2.56 bits per heavy atom. The van der Waals surface area contributed by atoms with E-state index in [1.807, 2.05) is 18.2 Å². The molecule has 0 saturated carbocycles. The highest BCUT2D eigenvalue weighted by Crippen LogP contribution is 2.21. The summed E-state index contributed by atoms with van der Waals surface area (Å²) in [6.07, 6.45) is 0. The Hall–Kier alpha value is -1.16. The third-order valence-electron chi connectivity index (χ3n) is 2.66. The second kappa shape index (κ2) is 4.78. The van der Waals surface area contributed by atoms with E-state index in [4.69, 9.17) is 18.0 Å². The third kappa shape index (κ3) is 3.45. The van der Waals surface area contributed by atoms with Crippen LogP contribution in [0.5, 0.6) is 0 Å². The summed E-state index contributed by atoms with van der Waals surface area (Å²) in [6, 6.07) is 5.96. The highest BCUT2D eigenvalue weighted by atomic mass is 32.1. The number of anilines is 1. The van der Waals surface area contributed by atoms with Crippen LogP contribution in [0.3, 0.4) is 0 Å². The van der Waals surface area contributed by atoms with Crippen molar-refractivity contribution in [3.05, 3.63) is 23.9 Å². The summed E-state index contributed by atoms with van der Waals surface area (Å²) in [5.41, 5.74) is 6.38. The molecule has 0 aliphatic heterocycles. The molecule has 88 valence electrons. The first kappa shape index (κ1) is 12.9. The predicted molar refractivity (Wildman–Crippen MR) is 72.7 cm³/mol. The smallest absolute Gasteiger partial charge is 0.126 e. The summed E-state index contributed by atoms with van der Waals surface area (Å²) in [6.45, 7) is 8.68. The number of aromatic nitrogens is 1. The largest absolute Gasteiger partial charge is 0.388 e. The zero-order chi connectivity index (χ0) is 12.3. The van der Waals surface area contributed by atoms with Crippen molar-refractivity contribution in [3.63, 3.8) is 0 Å². The Bertz CT molecular complexity index is 382. The SMILES string of the molecule is CC(Nc1cccc(C(N)=S)n1)C(C)(C)C. The number of hydrogen-bond donors (Lipinski definition) is 2. The van der Waals surface area contributed by atoms with Crippen molar-refractivity contribution in [2.24, 2.45) is 11.1 Å². The van der Waals surface area contributed by atoms with Crippen LogP contribution in [0.2, 0.25) is 0 Å². The fourth-order valence-corrected chi connectivity index (χ4v) is 1.20. The van der Waals surface area contributed by atoms with E-state index < -0.39 is 0 Å². The Labute approximate surface area is 102 Å². The average Bonchev–Trinajstić information content (AvgIpc) is 2.16. The van der Waals surface area contributed by atoms with Crippen LogP contribution < -0.4 is 11.1 Å². The van der Waals surface area contributed by atoms with Crippen molar-refractivity contribution in [2.45, 2.75) is 33.7 Å². The maximum atomic E-state index is 5.54. The molecule has 16 heavy (non-hydrogen) atoms. The zero-order valence-corrected chi connectivity index (χ0v) is 11.1. The van der Waals surface area contributed by atoms with E-state index in [0.717, 1.165) is 5.82 Å². The Balaban J connectivity index is 2.82. The second-order valence-electron chi connectivity index (χ2n) is 5.00. The lowest BCUT2D eigenvalue weighted by atomic mass is 9.88. The van der Waals surface area contributed by atoms with Crippen LogP contribution in [-0.4, -0.2) is 16.0 Å². The van der Waals surface area contributed by atoms with Crippen LogP contribution in [0.1, 0.15) is 33.4 Å². The first-order chi connectivity index (χ1) is 7.30. The molecule has 1 aromatic rings. The van der Waals surface area contributed by atoms with Crippen LogP contribution in [0.25, 0.3) is 0 Å². The molecular formula is C12H19N3S. The first-order valence-corrected chi connectivity index (χ1v) is 5.75. The van der Waals surface area contributed by atoms with Crippen molar-refractivity contribution in [2.75, 3.05) is 5.32 Å². The standard InChI is InChI=1S/C12H19N3S/c1-8(12(2,3)4)14-10-7-5-6-9(15-10)11(13)16/h5-8H,1-4H3,(H2,13,16)(H,14,15). The van der Waals surface area contributed by atoms with Gasteiger partial charge in [0.05, 0.1) is 5.69 Å². The van der Waals surface area contributed by atoms with E-state index >= 15 is 0 Å². The van der Waals surface area contributed by atoms with E-state index in [2.05, 4.69) is 38.0 Å². The van der Waals surface area contributed by atoms with Crippen LogP contribution in [0, 0.1) is 5.41 Å². The van der Waals surface area contributed by atoms with E-state index in [0.29, 0.717) is 16.7 Å². The van der Waals surface area contributed by atoms with Gasteiger partial charge in [-0.15, -0.1) is 0 Å². The maximum Gasteiger partial charge on any atom is 0.126 e. The van der Waals surface area contributed by atoms with Crippen molar-refractivity contribution in [1.29, 1.82) is 0 Å². The van der Waals surface area contributed by atoms with Crippen molar-refractivity contribution < 1.29 is 0 Å². The Kier molecular flexibility index (Phi) is 3.86. The molecule has 1 rings (SSSR count). The molecule has 0 radical (unpaired) electrons. The Morgan fingerprint density at radius 1 is 1.44 bits per heavy atom. The minimum Gasteiger partial charge on any atom is -0.388 e. The number of pyridine rings is 1. The molecule has 0 amide bonds. The molecule has 1 aromatic heterocycles. The van der Waals surface area contributed by atoms with Crippen LogP contribution in [0.4, 0.5) is 5.82 Å². The number of thiocarbonyl (C=S) groups is 1. The Morgan fingerprint density at radius 2 is 2.06 bits per heavy atom. The van der Waals surface area contributed by atoms with E-state index in [1.165, 1.54) is 0 Å². The van der Waals surface area contributed by atoms with Gasteiger partial charge in [-0.2, -0.15) is 0 Å². The summed E-state index contributed by atoms with van der Waals surface area (Å²) in [7, 11) is 0. The lowest BCUT2D eigenvalue weighted by Gasteiger charge is -2.28. The molecule has 3 nitrogen and oxygen atoms in total. The number of rotatable bonds is 3. The average molecular weight is 237 g/mol. The van der Waals surface area contributed by atoms with Gasteiger partial charge in [0.2, 0.25) is 0 Å². The van der Waals surface area contributed by atoms with Crippen LogP contribution in [-0.2, 0) is 0 Å². The molecule has 0 aromatic carbocycles. The summed E-state index contributed by atoms with van der Waals surface area (Å²) < 4.78 is 0. The fraction of sp³-hybridized carbons (Fsp3) is 0.500. The van der Waals surface area contributed by atoms with Gasteiger partial charge < -0.3 is 11.1 Å². The minimum atomic E-state index is 0.181. The minimum absolute atomic E-state index is 0.181. The molecule has 1 heterocycles. The molecule has 0 spiro atoms. The van der Waals surface area contributed by atoms with Crippen LogP contribution in [0.15, 0.2) is 18.2 Å². The fourth-order valence-electron chi connectivity index (χ4n) is 1.09. The number of nitrogens with two attached hydrogens (primary N) is 1. The van der Waals surface area contributed by atoms with Gasteiger partial charge in [0.25, 0.3) is 0 Å². The number of hydrogen-bond acceptors (Lipinski definition) is 3. The molecule has 0 aliphatic carbocycles. The molecule has 3 N–H and O–H groups in total. The maximum absolute atomic E-state index is 5.54. The molecule has 0 aliphatic rings. The first-order valence-electron chi connectivity index (χ1n) is 5.34. The third-order valence-corrected chi connectivity index (χ3v) is 2.87. The lowest BCUT2D eigenvalue weighted by molar-refractivity contribution is 0.359. The zero-order valence-electron chi connectivity index (χ0n) is 10.2. The van der Waals surface area contributed by atoms with Gasteiger partial charge in [-0.3, -0.25) is 0 Å². The van der Waals surface area contributed by atoms with Crippen molar-refractivity contribution in [3.8, 4) is 0 Å². The number of nitrogens with zero attached hydrogens (tertiary/aromatic N) is 1. The van der Waals surface area contributed by atoms with E-state index in [-0.39, 0.29) is 5.41 Å². The van der Waals surface area contributed by atoms with Gasteiger partial charge in [0.1, 0.15) is 10.8 Å². The molecule has 1 atom stereocenters. The molecule has 0 fully saturated rings. The quantitative estimate of drug-likeness (QED) is 0.793. The highest BCUT2D eigenvalue weighted by molar-refractivity contribution is 7.80. The monoisotopic (exact) mass is 237 g/mol. The van der Waals surface area contributed by atoms with Gasteiger partial charge in [0, 0.05) is 6.04 Å². The van der Waals surface area contributed by atoms with Gasteiger partial charge in [-0.1, -0.05) is 39.1 Å². The predicted octanol–water partition coefficient (Wildman–Crippen LogP) is 2.56. The molecular weight excluding hydrogens is 218 g/mol. The highest BCUT2D eigenvalue weighted by Gasteiger charge is 2.19. The molecule has 0 bridgehead atoms. The van der Waals surface area contributed by atoms with Gasteiger partial charge in [-0.25, -0.2) is 4.98 Å². The van der Waals surface area contributed by atoms with E-state index in [9.17, 15) is 0 Å². The summed E-state index contributed by atoms with van der Waals surface area (Å²) >= 11 is 4.90. The number of nitrogens with one attached hydrogen (secondary N) is 1. The van der Waals surface area contributed by atoms with Gasteiger partial charge in [0.15, 0.2) is 0 Å². The topological polar surface area (TPSA) is 50.9 Å². The second-order valence-corrected chi connectivity index (χ2v) is 5.44. The lowest BCUT2D eigenvalue weighted by Crippen LogP contribution is -2.31. The van der Waals surface area contributed by atoms with Crippen LogP contribution >= 0.6 is 12.2 Å². The molecule has 1 unspecified atom stereocenters. The molecule has 0 saturated heterocycles. The van der Waals surface area contributed by atoms with Crippen molar-refractivity contribution in [1.82, 2.24) is 4.98 Å². The van der Waals surface area contributed by atoms with Crippen molar-refractivity contribution >= 4 is 23.0 Å². The van der Waals surface area contributed by atoms with Gasteiger partial charge >= 0.3 is 0 Å². The van der Waals surface area contributed by atoms with E-state index in [1.54, 1.807) is 0 Å². The summed E-state index contributed by atoms with van der Waals surface area (Å²) in [5, 5.41) is 3.35. The summed E-state index contributed by atoms with van der Waals surface area (Å²) in [4.78, 5) is 4.67.